The smallest absolute Gasteiger partial charge is 0.392 e. The summed E-state index contributed by atoms with van der Waals surface area (Å²) in [5.74, 6) is -0.575. The number of aromatic nitrogens is 2. The van der Waals surface area contributed by atoms with Crippen LogP contribution >= 0.6 is 0 Å². The van der Waals surface area contributed by atoms with Crippen LogP contribution in [0.2, 0.25) is 0 Å². The first-order valence-corrected chi connectivity index (χ1v) is 4.25. The molecule has 88 valence electrons. The first-order valence-electron chi connectivity index (χ1n) is 4.25. The third-order valence-corrected chi connectivity index (χ3v) is 1.54. The number of nitrogens with two attached hydrogens (primary N) is 1. The molecule has 0 aromatic carbocycles. The zero-order chi connectivity index (χ0) is 12.2. The standard InChI is InChI=1S/C8H9F3N4O/c9-8(10,11)1-4-16-7-5(6(12)13)14-2-3-15-7/h2-3H,1,4H2,(H3,12,13). The molecule has 0 bridgehead atoms. The minimum Gasteiger partial charge on any atom is -0.476 e. The number of nitrogen functional groups attached to an aromatic ring is 1. The van der Waals surface area contributed by atoms with Crippen molar-refractivity contribution in [1.29, 1.82) is 5.41 Å². The van der Waals surface area contributed by atoms with Crippen LogP contribution in [0.5, 0.6) is 5.88 Å². The summed E-state index contributed by atoms with van der Waals surface area (Å²) >= 11 is 0. The summed E-state index contributed by atoms with van der Waals surface area (Å²) in [5.41, 5.74) is 5.09. The number of ether oxygens (including phenoxy) is 1. The molecule has 0 saturated carbocycles. The second-order valence-electron chi connectivity index (χ2n) is 2.84. The number of nitrogens with one attached hydrogen (secondary N) is 1. The van der Waals surface area contributed by atoms with Gasteiger partial charge in [0, 0.05) is 12.4 Å². The highest BCUT2D eigenvalue weighted by molar-refractivity contribution is 5.94. The second kappa shape index (κ2) is 4.77. The van der Waals surface area contributed by atoms with E-state index in [2.05, 4.69) is 9.97 Å². The molecule has 0 aliphatic heterocycles. The molecule has 1 heterocycles. The second-order valence-corrected chi connectivity index (χ2v) is 2.84. The molecule has 0 fully saturated rings. The SMILES string of the molecule is N=C(N)c1nccnc1OCCC(F)(F)F. The number of rotatable bonds is 4. The summed E-state index contributed by atoms with van der Waals surface area (Å²) in [6.07, 6.45) is -2.87. The van der Waals surface area contributed by atoms with Crippen molar-refractivity contribution in [3.05, 3.63) is 18.1 Å². The van der Waals surface area contributed by atoms with Crippen LogP contribution in [0.15, 0.2) is 12.4 Å². The van der Waals surface area contributed by atoms with E-state index in [0.29, 0.717) is 0 Å². The van der Waals surface area contributed by atoms with E-state index in [4.69, 9.17) is 15.9 Å². The van der Waals surface area contributed by atoms with Crippen molar-refractivity contribution in [3.8, 4) is 5.88 Å². The van der Waals surface area contributed by atoms with E-state index in [1.807, 2.05) is 0 Å². The molecular weight excluding hydrogens is 225 g/mol. The number of hydrogen-bond donors (Lipinski definition) is 2. The maximum atomic E-state index is 11.8. The maximum Gasteiger partial charge on any atom is 0.392 e. The molecule has 1 aromatic heterocycles. The molecule has 1 rings (SSSR count). The van der Waals surface area contributed by atoms with Gasteiger partial charge in [0.05, 0.1) is 13.0 Å². The number of nitrogens with zero attached hydrogens (tertiary/aromatic N) is 2. The van der Waals surface area contributed by atoms with Gasteiger partial charge in [0.1, 0.15) is 5.84 Å². The Balaban J connectivity index is 2.64. The molecule has 0 amide bonds. The molecule has 8 heteroatoms. The van der Waals surface area contributed by atoms with Gasteiger partial charge in [-0.05, 0) is 0 Å². The highest BCUT2D eigenvalue weighted by Crippen LogP contribution is 2.20. The third-order valence-electron chi connectivity index (χ3n) is 1.54. The van der Waals surface area contributed by atoms with Crippen molar-refractivity contribution in [2.45, 2.75) is 12.6 Å². The Kier molecular flexibility index (Phi) is 3.64. The van der Waals surface area contributed by atoms with Crippen LogP contribution in [-0.2, 0) is 0 Å². The first kappa shape index (κ1) is 12.2. The monoisotopic (exact) mass is 234 g/mol. The van der Waals surface area contributed by atoms with Gasteiger partial charge in [0.15, 0.2) is 5.69 Å². The minimum absolute atomic E-state index is 0.0651. The normalized spacial score (nSPS) is 11.2. The summed E-state index contributed by atoms with van der Waals surface area (Å²) < 4.78 is 40.3. The van der Waals surface area contributed by atoms with E-state index >= 15 is 0 Å². The Morgan fingerprint density at radius 3 is 2.56 bits per heavy atom. The lowest BCUT2D eigenvalue weighted by atomic mass is 10.4. The number of alkyl halides is 3. The lowest BCUT2D eigenvalue weighted by Gasteiger charge is -2.09. The maximum absolute atomic E-state index is 11.8. The molecule has 0 aliphatic rings. The van der Waals surface area contributed by atoms with E-state index in [1.54, 1.807) is 0 Å². The van der Waals surface area contributed by atoms with Gasteiger partial charge in [0.2, 0.25) is 5.88 Å². The van der Waals surface area contributed by atoms with Crippen molar-refractivity contribution < 1.29 is 17.9 Å². The molecule has 0 saturated heterocycles. The Morgan fingerprint density at radius 1 is 1.38 bits per heavy atom. The van der Waals surface area contributed by atoms with Gasteiger partial charge in [-0.15, -0.1) is 0 Å². The quantitative estimate of drug-likeness (QED) is 0.603. The van der Waals surface area contributed by atoms with Gasteiger partial charge in [-0.1, -0.05) is 0 Å². The van der Waals surface area contributed by atoms with Crippen LogP contribution in [0, 0.1) is 5.41 Å². The van der Waals surface area contributed by atoms with Crippen LogP contribution < -0.4 is 10.5 Å². The third kappa shape index (κ3) is 3.71. The Labute approximate surface area is 89.0 Å². The van der Waals surface area contributed by atoms with E-state index in [1.165, 1.54) is 12.4 Å². The Hall–Kier alpha value is -1.86. The Bertz CT molecular complexity index is 380. The fraction of sp³-hybridized carbons (Fsp3) is 0.375. The topological polar surface area (TPSA) is 84.9 Å². The fourth-order valence-electron chi connectivity index (χ4n) is 0.879. The number of hydrogen-bond acceptors (Lipinski definition) is 4. The average Bonchev–Trinajstić information content (AvgIpc) is 2.16. The van der Waals surface area contributed by atoms with E-state index < -0.39 is 25.0 Å². The molecule has 0 unspecified atom stereocenters. The van der Waals surface area contributed by atoms with Gasteiger partial charge in [-0.25, -0.2) is 9.97 Å². The highest BCUT2D eigenvalue weighted by atomic mass is 19.4. The summed E-state index contributed by atoms with van der Waals surface area (Å²) in [4.78, 5) is 7.32. The van der Waals surface area contributed by atoms with Crippen LogP contribution in [0.3, 0.4) is 0 Å². The van der Waals surface area contributed by atoms with Crippen LogP contribution in [0.4, 0.5) is 13.2 Å². The van der Waals surface area contributed by atoms with Crippen LogP contribution in [0.25, 0.3) is 0 Å². The molecule has 3 N–H and O–H groups in total. The number of halogens is 3. The summed E-state index contributed by atoms with van der Waals surface area (Å²) in [6.45, 7) is -0.581. The molecule has 16 heavy (non-hydrogen) atoms. The molecule has 1 aromatic rings. The molecule has 0 spiro atoms. The lowest BCUT2D eigenvalue weighted by Crippen LogP contribution is -2.18. The van der Waals surface area contributed by atoms with E-state index in [-0.39, 0.29) is 11.6 Å². The fourth-order valence-corrected chi connectivity index (χ4v) is 0.879. The van der Waals surface area contributed by atoms with Crippen LogP contribution in [-0.4, -0.2) is 28.6 Å². The van der Waals surface area contributed by atoms with Gasteiger partial charge in [0.25, 0.3) is 0 Å². The van der Waals surface area contributed by atoms with Crippen molar-refractivity contribution in [3.63, 3.8) is 0 Å². The van der Waals surface area contributed by atoms with Crippen molar-refractivity contribution in [1.82, 2.24) is 9.97 Å². The van der Waals surface area contributed by atoms with Crippen LogP contribution in [0.1, 0.15) is 12.1 Å². The highest BCUT2D eigenvalue weighted by Gasteiger charge is 2.27. The largest absolute Gasteiger partial charge is 0.476 e. The number of amidine groups is 1. The van der Waals surface area contributed by atoms with E-state index in [0.717, 1.165) is 0 Å². The van der Waals surface area contributed by atoms with Gasteiger partial charge in [-0.2, -0.15) is 13.2 Å². The van der Waals surface area contributed by atoms with Gasteiger partial charge in [-0.3, -0.25) is 5.41 Å². The molecule has 5 nitrogen and oxygen atoms in total. The molecule has 0 aliphatic carbocycles. The van der Waals surface area contributed by atoms with Gasteiger partial charge >= 0.3 is 6.18 Å². The Morgan fingerprint density at radius 2 is 2.00 bits per heavy atom. The average molecular weight is 234 g/mol. The molecule has 0 atom stereocenters. The zero-order valence-electron chi connectivity index (χ0n) is 8.08. The van der Waals surface area contributed by atoms with Crippen molar-refractivity contribution in [2.75, 3.05) is 6.61 Å². The molecular formula is C8H9F3N4O. The van der Waals surface area contributed by atoms with Crippen molar-refractivity contribution >= 4 is 5.84 Å². The summed E-state index contributed by atoms with van der Waals surface area (Å²) in [6, 6.07) is 0. The van der Waals surface area contributed by atoms with Gasteiger partial charge < -0.3 is 10.5 Å². The predicted octanol–water partition coefficient (Wildman–Crippen LogP) is 1.09. The summed E-state index contributed by atoms with van der Waals surface area (Å²) in [5, 5.41) is 7.11. The zero-order valence-corrected chi connectivity index (χ0v) is 8.08. The predicted molar refractivity (Wildman–Crippen MR) is 49.2 cm³/mol. The van der Waals surface area contributed by atoms with Crippen molar-refractivity contribution in [2.24, 2.45) is 5.73 Å². The minimum atomic E-state index is -4.29. The summed E-state index contributed by atoms with van der Waals surface area (Å²) in [7, 11) is 0. The first-order chi connectivity index (χ1) is 7.40. The van der Waals surface area contributed by atoms with E-state index in [9.17, 15) is 13.2 Å². The molecule has 0 radical (unpaired) electrons. The lowest BCUT2D eigenvalue weighted by molar-refractivity contribution is -0.139.